The van der Waals surface area contributed by atoms with Crippen molar-refractivity contribution in [1.82, 2.24) is 10.2 Å². The van der Waals surface area contributed by atoms with Crippen LogP contribution in [-0.4, -0.2) is 49.3 Å². The number of likely N-dealkylation sites (tertiary alicyclic amines) is 1. The van der Waals surface area contributed by atoms with Crippen molar-refractivity contribution in [3.05, 3.63) is 0 Å². The molecule has 0 aromatic heterocycles. The van der Waals surface area contributed by atoms with Gasteiger partial charge in [-0.2, -0.15) is 0 Å². The molecule has 1 aliphatic carbocycles. The largest absolute Gasteiger partial charge is 0.377 e. The van der Waals surface area contributed by atoms with Crippen molar-refractivity contribution in [1.29, 1.82) is 0 Å². The summed E-state index contributed by atoms with van der Waals surface area (Å²) in [4.78, 5) is 2.66. The Morgan fingerprint density at radius 2 is 1.95 bits per heavy atom. The van der Waals surface area contributed by atoms with E-state index in [0.717, 1.165) is 19.1 Å². The van der Waals surface area contributed by atoms with Gasteiger partial charge in [-0.1, -0.05) is 20.3 Å². The molecule has 3 aliphatic rings. The fraction of sp³-hybridized carbons (Fsp3) is 1.00. The number of nitrogens with zero attached hydrogens (tertiary/aromatic N) is 1. The zero-order valence-corrected chi connectivity index (χ0v) is 13.5. The molecule has 4 atom stereocenters. The summed E-state index contributed by atoms with van der Waals surface area (Å²) < 4.78 is 6.00. The van der Waals surface area contributed by atoms with E-state index in [9.17, 15) is 0 Å². The maximum atomic E-state index is 6.00. The second kappa shape index (κ2) is 5.94. The molecule has 3 heteroatoms. The quantitative estimate of drug-likeness (QED) is 0.857. The number of ether oxygens (including phenoxy) is 1. The minimum Gasteiger partial charge on any atom is -0.377 e. The average molecular weight is 280 g/mol. The van der Waals surface area contributed by atoms with Gasteiger partial charge in [0.25, 0.3) is 0 Å². The van der Waals surface area contributed by atoms with Gasteiger partial charge in [0.1, 0.15) is 0 Å². The molecular formula is C17H32N2O. The van der Waals surface area contributed by atoms with Crippen LogP contribution in [0.25, 0.3) is 0 Å². The molecule has 3 rings (SSSR count). The Bertz CT molecular complexity index is 325. The summed E-state index contributed by atoms with van der Waals surface area (Å²) in [5.41, 5.74) is 0.312. The molecule has 2 aliphatic heterocycles. The molecule has 20 heavy (non-hydrogen) atoms. The summed E-state index contributed by atoms with van der Waals surface area (Å²) in [5.74, 6) is 0.757. The van der Waals surface area contributed by atoms with E-state index in [0.29, 0.717) is 23.6 Å². The Morgan fingerprint density at radius 1 is 1.20 bits per heavy atom. The lowest BCUT2D eigenvalue weighted by Crippen LogP contribution is -2.70. The van der Waals surface area contributed by atoms with Gasteiger partial charge >= 0.3 is 0 Å². The van der Waals surface area contributed by atoms with E-state index in [1.54, 1.807) is 0 Å². The van der Waals surface area contributed by atoms with Crippen LogP contribution >= 0.6 is 0 Å². The molecule has 2 saturated heterocycles. The minimum absolute atomic E-state index is 0.312. The monoisotopic (exact) mass is 280 g/mol. The van der Waals surface area contributed by atoms with Crippen molar-refractivity contribution in [3.8, 4) is 0 Å². The predicted octanol–water partition coefficient (Wildman–Crippen LogP) is 2.65. The van der Waals surface area contributed by atoms with Crippen LogP contribution in [-0.2, 0) is 4.74 Å². The van der Waals surface area contributed by atoms with Crippen molar-refractivity contribution in [2.75, 3.05) is 26.2 Å². The van der Waals surface area contributed by atoms with Gasteiger partial charge in [0, 0.05) is 36.6 Å². The highest BCUT2D eigenvalue weighted by atomic mass is 16.5. The molecule has 1 N–H and O–H groups in total. The van der Waals surface area contributed by atoms with Gasteiger partial charge in [-0.05, 0) is 45.7 Å². The minimum atomic E-state index is 0.312. The second-order valence-corrected chi connectivity index (χ2v) is 7.75. The fourth-order valence-electron chi connectivity index (χ4n) is 4.72. The van der Waals surface area contributed by atoms with Crippen molar-refractivity contribution in [2.24, 2.45) is 11.3 Å². The highest BCUT2D eigenvalue weighted by molar-refractivity contribution is 5.10. The van der Waals surface area contributed by atoms with E-state index < -0.39 is 0 Å². The number of rotatable bonds is 4. The molecule has 3 fully saturated rings. The van der Waals surface area contributed by atoms with Crippen LogP contribution in [0.2, 0.25) is 0 Å². The highest BCUT2D eigenvalue weighted by Gasteiger charge is 2.57. The summed E-state index contributed by atoms with van der Waals surface area (Å²) >= 11 is 0. The van der Waals surface area contributed by atoms with E-state index in [2.05, 4.69) is 31.0 Å². The third-order valence-electron chi connectivity index (χ3n) is 5.98. The fourth-order valence-corrected chi connectivity index (χ4v) is 4.72. The molecule has 2 heterocycles. The van der Waals surface area contributed by atoms with Crippen LogP contribution in [0, 0.1) is 11.3 Å². The Morgan fingerprint density at radius 3 is 2.70 bits per heavy atom. The van der Waals surface area contributed by atoms with Crippen LogP contribution in [0.3, 0.4) is 0 Å². The first-order valence-electron chi connectivity index (χ1n) is 8.70. The van der Waals surface area contributed by atoms with E-state index in [1.807, 2.05) is 0 Å². The lowest BCUT2D eigenvalue weighted by molar-refractivity contribution is -0.193. The Labute approximate surface area is 124 Å². The number of piperidine rings is 1. The van der Waals surface area contributed by atoms with E-state index in [1.165, 1.54) is 45.2 Å². The van der Waals surface area contributed by atoms with Gasteiger partial charge in [0.15, 0.2) is 0 Å². The topological polar surface area (TPSA) is 24.5 Å². The molecule has 4 unspecified atom stereocenters. The predicted molar refractivity (Wildman–Crippen MR) is 82.9 cm³/mol. The first kappa shape index (κ1) is 14.8. The maximum absolute atomic E-state index is 6.00. The first-order chi connectivity index (χ1) is 9.60. The van der Waals surface area contributed by atoms with E-state index >= 15 is 0 Å². The van der Waals surface area contributed by atoms with Gasteiger partial charge < -0.3 is 10.1 Å². The summed E-state index contributed by atoms with van der Waals surface area (Å²) in [6.45, 7) is 11.8. The normalized spacial score (nSPS) is 38.9. The van der Waals surface area contributed by atoms with Crippen LogP contribution < -0.4 is 5.32 Å². The number of fused-ring (bicyclic) bond motifs is 1. The SMILES string of the molecule is CC(CNC1C2CCCOC2C1(C)C)N1CCCCC1. The highest BCUT2D eigenvalue weighted by Crippen LogP contribution is 2.51. The van der Waals surface area contributed by atoms with Gasteiger partial charge in [-0.15, -0.1) is 0 Å². The van der Waals surface area contributed by atoms with Crippen LogP contribution in [0.5, 0.6) is 0 Å². The Kier molecular flexibility index (Phi) is 4.40. The molecule has 3 nitrogen and oxygen atoms in total. The van der Waals surface area contributed by atoms with Crippen molar-refractivity contribution in [2.45, 2.75) is 71.1 Å². The molecule has 0 aromatic carbocycles. The molecule has 0 amide bonds. The zero-order chi connectivity index (χ0) is 14.2. The van der Waals surface area contributed by atoms with Gasteiger partial charge in [0.2, 0.25) is 0 Å². The van der Waals surface area contributed by atoms with Crippen LogP contribution in [0.1, 0.15) is 52.9 Å². The van der Waals surface area contributed by atoms with Crippen LogP contribution in [0.4, 0.5) is 0 Å². The third-order valence-corrected chi connectivity index (χ3v) is 5.98. The van der Waals surface area contributed by atoms with Crippen LogP contribution in [0.15, 0.2) is 0 Å². The molecule has 116 valence electrons. The summed E-state index contributed by atoms with van der Waals surface area (Å²) in [6.07, 6.45) is 7.29. The standard InChI is InChI=1S/C17H32N2O/c1-13(19-9-5-4-6-10-19)12-18-15-14-8-7-11-20-16(14)17(15,2)3/h13-16,18H,4-12H2,1-3H3. The summed E-state index contributed by atoms with van der Waals surface area (Å²) in [7, 11) is 0. The van der Waals surface area contributed by atoms with Gasteiger partial charge in [-0.3, -0.25) is 4.90 Å². The van der Waals surface area contributed by atoms with Crippen molar-refractivity contribution < 1.29 is 4.74 Å². The lowest BCUT2D eigenvalue weighted by Gasteiger charge is -2.60. The molecule has 0 radical (unpaired) electrons. The number of hydrogen-bond donors (Lipinski definition) is 1. The van der Waals surface area contributed by atoms with E-state index in [4.69, 9.17) is 4.74 Å². The Balaban J connectivity index is 1.50. The molecule has 0 aromatic rings. The number of hydrogen-bond acceptors (Lipinski definition) is 3. The van der Waals surface area contributed by atoms with Crippen molar-refractivity contribution in [3.63, 3.8) is 0 Å². The third kappa shape index (κ3) is 2.65. The molecular weight excluding hydrogens is 248 g/mol. The first-order valence-corrected chi connectivity index (χ1v) is 8.70. The molecule has 1 saturated carbocycles. The lowest BCUT2D eigenvalue weighted by atomic mass is 9.55. The van der Waals surface area contributed by atoms with E-state index in [-0.39, 0.29) is 0 Å². The van der Waals surface area contributed by atoms with Gasteiger partial charge in [-0.25, -0.2) is 0 Å². The smallest absolute Gasteiger partial charge is 0.0684 e. The summed E-state index contributed by atoms with van der Waals surface area (Å²) in [5, 5.41) is 3.88. The zero-order valence-electron chi connectivity index (χ0n) is 13.5. The Hall–Kier alpha value is -0.120. The molecule has 0 spiro atoms. The molecule has 0 bridgehead atoms. The second-order valence-electron chi connectivity index (χ2n) is 7.75. The number of nitrogens with one attached hydrogen (secondary N) is 1. The van der Waals surface area contributed by atoms with Crippen molar-refractivity contribution >= 4 is 0 Å². The summed E-state index contributed by atoms with van der Waals surface area (Å²) in [6, 6.07) is 1.33. The van der Waals surface area contributed by atoms with Gasteiger partial charge in [0.05, 0.1) is 6.10 Å². The average Bonchev–Trinajstić information content (AvgIpc) is 2.48. The maximum Gasteiger partial charge on any atom is 0.0684 e.